The number of rotatable bonds is 6. The van der Waals surface area contributed by atoms with Crippen molar-refractivity contribution in [2.75, 3.05) is 25.1 Å². The molecule has 1 rings (SSSR count). The molecule has 2 amide bonds. The Morgan fingerprint density at radius 3 is 3.00 bits per heavy atom. The van der Waals surface area contributed by atoms with Gasteiger partial charge in [0.15, 0.2) is 0 Å². The van der Waals surface area contributed by atoms with E-state index in [1.807, 2.05) is 6.92 Å². The number of halogens is 1. The van der Waals surface area contributed by atoms with Crippen LogP contribution < -0.4 is 10.6 Å². The van der Waals surface area contributed by atoms with Crippen molar-refractivity contribution in [2.45, 2.75) is 13.3 Å². The van der Waals surface area contributed by atoms with Crippen molar-refractivity contribution in [1.29, 1.82) is 0 Å². The third-order valence-corrected chi connectivity index (χ3v) is 2.04. The maximum absolute atomic E-state index is 12.8. The van der Waals surface area contributed by atoms with E-state index in [0.717, 1.165) is 6.42 Å². The van der Waals surface area contributed by atoms with E-state index >= 15 is 0 Å². The predicted octanol–water partition coefficient (Wildman–Crippen LogP) is 2.37. The van der Waals surface area contributed by atoms with Gasteiger partial charge in [-0.05, 0) is 31.5 Å². The van der Waals surface area contributed by atoms with Crippen LogP contribution in [0.3, 0.4) is 0 Å². The highest BCUT2D eigenvalue weighted by Crippen LogP contribution is 2.08. The SMILES string of the molecule is CCOCCCNC(=O)Nc1cccc(F)c1. The van der Waals surface area contributed by atoms with Crippen molar-refractivity contribution < 1.29 is 13.9 Å². The number of benzene rings is 1. The van der Waals surface area contributed by atoms with Crippen LogP contribution in [0.4, 0.5) is 14.9 Å². The summed E-state index contributed by atoms with van der Waals surface area (Å²) < 4.78 is 17.9. The molecule has 0 aliphatic heterocycles. The topological polar surface area (TPSA) is 50.4 Å². The summed E-state index contributed by atoms with van der Waals surface area (Å²) in [6.45, 7) is 3.75. The Bertz CT molecular complexity index is 358. The van der Waals surface area contributed by atoms with Crippen LogP contribution in [-0.2, 0) is 4.74 Å². The summed E-state index contributed by atoms with van der Waals surface area (Å²) in [5, 5.41) is 5.20. The quantitative estimate of drug-likeness (QED) is 0.750. The van der Waals surface area contributed by atoms with E-state index in [1.54, 1.807) is 12.1 Å². The molecule has 0 spiro atoms. The number of ether oxygens (including phenoxy) is 1. The molecule has 0 saturated heterocycles. The molecular formula is C12H17FN2O2. The monoisotopic (exact) mass is 240 g/mol. The molecule has 0 heterocycles. The first-order valence-corrected chi connectivity index (χ1v) is 5.60. The van der Waals surface area contributed by atoms with Gasteiger partial charge in [0.05, 0.1) is 0 Å². The summed E-state index contributed by atoms with van der Waals surface area (Å²) in [6, 6.07) is 5.42. The van der Waals surface area contributed by atoms with Crippen LogP contribution in [0, 0.1) is 5.82 Å². The molecule has 1 aromatic rings. The second-order valence-electron chi connectivity index (χ2n) is 3.44. The Balaban J connectivity index is 2.21. The van der Waals surface area contributed by atoms with Crippen molar-refractivity contribution in [3.05, 3.63) is 30.1 Å². The minimum absolute atomic E-state index is 0.341. The standard InChI is InChI=1S/C12H17FN2O2/c1-2-17-8-4-7-14-12(16)15-11-6-3-5-10(13)9-11/h3,5-6,9H,2,4,7-8H2,1H3,(H2,14,15,16). The molecule has 0 aliphatic rings. The molecule has 0 aromatic heterocycles. The van der Waals surface area contributed by atoms with Gasteiger partial charge in [0.25, 0.3) is 0 Å². The molecule has 0 aliphatic carbocycles. The smallest absolute Gasteiger partial charge is 0.319 e. The Kier molecular flexibility index (Phi) is 6.03. The first-order valence-electron chi connectivity index (χ1n) is 5.60. The van der Waals surface area contributed by atoms with Crippen LogP contribution >= 0.6 is 0 Å². The van der Waals surface area contributed by atoms with Gasteiger partial charge in [0.1, 0.15) is 5.82 Å². The summed E-state index contributed by atoms with van der Waals surface area (Å²) in [4.78, 5) is 11.4. The fourth-order valence-electron chi connectivity index (χ4n) is 1.26. The second-order valence-corrected chi connectivity index (χ2v) is 3.44. The number of carbonyl (C=O) groups excluding carboxylic acids is 1. The number of amides is 2. The molecule has 17 heavy (non-hydrogen) atoms. The number of anilines is 1. The lowest BCUT2D eigenvalue weighted by molar-refractivity contribution is 0.145. The summed E-state index contributed by atoms with van der Waals surface area (Å²) in [6.07, 6.45) is 0.754. The highest BCUT2D eigenvalue weighted by atomic mass is 19.1. The zero-order valence-corrected chi connectivity index (χ0v) is 9.83. The molecule has 0 unspecified atom stereocenters. The number of hydrogen-bond acceptors (Lipinski definition) is 2. The largest absolute Gasteiger partial charge is 0.382 e. The first kappa shape index (κ1) is 13.4. The van der Waals surface area contributed by atoms with Crippen LogP contribution in [0.15, 0.2) is 24.3 Å². The lowest BCUT2D eigenvalue weighted by atomic mass is 10.3. The van der Waals surface area contributed by atoms with E-state index in [2.05, 4.69) is 10.6 Å². The van der Waals surface area contributed by atoms with Crippen molar-refractivity contribution in [3.8, 4) is 0 Å². The van der Waals surface area contributed by atoms with Crippen molar-refractivity contribution in [3.63, 3.8) is 0 Å². The van der Waals surface area contributed by atoms with Crippen molar-refractivity contribution in [2.24, 2.45) is 0 Å². The molecule has 94 valence electrons. The third-order valence-electron chi connectivity index (χ3n) is 2.04. The Morgan fingerprint density at radius 2 is 2.29 bits per heavy atom. The van der Waals surface area contributed by atoms with Crippen LogP contribution in [0.1, 0.15) is 13.3 Å². The van der Waals surface area contributed by atoms with E-state index in [1.165, 1.54) is 12.1 Å². The van der Waals surface area contributed by atoms with E-state index in [-0.39, 0.29) is 11.8 Å². The third kappa shape index (κ3) is 5.87. The highest BCUT2D eigenvalue weighted by Gasteiger charge is 2.01. The van der Waals surface area contributed by atoms with E-state index < -0.39 is 0 Å². The lowest BCUT2D eigenvalue weighted by Gasteiger charge is -2.07. The molecule has 5 heteroatoms. The van der Waals surface area contributed by atoms with Gasteiger partial charge in [0.2, 0.25) is 0 Å². The van der Waals surface area contributed by atoms with Crippen LogP contribution in [0.2, 0.25) is 0 Å². The Morgan fingerprint density at radius 1 is 1.47 bits per heavy atom. The number of urea groups is 1. The summed E-state index contributed by atoms with van der Waals surface area (Å²) in [5.41, 5.74) is 0.437. The fraction of sp³-hybridized carbons (Fsp3) is 0.417. The Hall–Kier alpha value is -1.62. The minimum Gasteiger partial charge on any atom is -0.382 e. The van der Waals surface area contributed by atoms with E-state index in [0.29, 0.717) is 25.4 Å². The van der Waals surface area contributed by atoms with Crippen molar-refractivity contribution >= 4 is 11.7 Å². The molecule has 2 N–H and O–H groups in total. The number of nitrogens with one attached hydrogen (secondary N) is 2. The van der Waals surface area contributed by atoms with Gasteiger partial charge < -0.3 is 15.4 Å². The molecule has 4 nitrogen and oxygen atoms in total. The molecule has 0 saturated carbocycles. The molecule has 0 fully saturated rings. The van der Waals surface area contributed by atoms with Crippen molar-refractivity contribution in [1.82, 2.24) is 5.32 Å². The number of hydrogen-bond donors (Lipinski definition) is 2. The average molecular weight is 240 g/mol. The zero-order chi connectivity index (χ0) is 12.5. The van der Waals surface area contributed by atoms with Crippen LogP contribution in [-0.4, -0.2) is 25.8 Å². The van der Waals surface area contributed by atoms with Crippen LogP contribution in [0.5, 0.6) is 0 Å². The van der Waals surface area contributed by atoms with Gasteiger partial charge in [-0.3, -0.25) is 0 Å². The fourth-order valence-corrected chi connectivity index (χ4v) is 1.26. The summed E-state index contributed by atoms with van der Waals surface area (Å²) >= 11 is 0. The van der Waals surface area contributed by atoms with E-state index in [9.17, 15) is 9.18 Å². The molecule has 0 radical (unpaired) electrons. The maximum atomic E-state index is 12.8. The van der Waals surface area contributed by atoms with Crippen LogP contribution in [0.25, 0.3) is 0 Å². The predicted molar refractivity (Wildman–Crippen MR) is 64.5 cm³/mol. The minimum atomic E-state index is -0.376. The zero-order valence-electron chi connectivity index (χ0n) is 9.83. The van der Waals surface area contributed by atoms with Gasteiger partial charge in [-0.15, -0.1) is 0 Å². The molecular weight excluding hydrogens is 223 g/mol. The molecule has 1 aromatic carbocycles. The summed E-state index contributed by atoms with van der Waals surface area (Å²) in [7, 11) is 0. The van der Waals surface area contributed by atoms with E-state index in [4.69, 9.17) is 4.74 Å². The number of carbonyl (C=O) groups is 1. The van der Waals surface area contributed by atoms with Gasteiger partial charge in [0, 0.05) is 25.4 Å². The lowest BCUT2D eigenvalue weighted by Crippen LogP contribution is -2.30. The Labute approximate surface area is 100 Å². The molecule has 0 bridgehead atoms. The first-order chi connectivity index (χ1) is 8.22. The maximum Gasteiger partial charge on any atom is 0.319 e. The summed E-state index contributed by atoms with van der Waals surface area (Å²) in [5.74, 6) is -0.376. The second kappa shape index (κ2) is 7.62. The van der Waals surface area contributed by atoms with Gasteiger partial charge in [-0.1, -0.05) is 6.07 Å². The van der Waals surface area contributed by atoms with Gasteiger partial charge >= 0.3 is 6.03 Å². The van der Waals surface area contributed by atoms with Gasteiger partial charge in [-0.25, -0.2) is 9.18 Å². The normalized spacial score (nSPS) is 10.0. The molecule has 0 atom stereocenters. The van der Waals surface area contributed by atoms with Gasteiger partial charge in [-0.2, -0.15) is 0 Å². The average Bonchev–Trinajstić information content (AvgIpc) is 2.29. The highest BCUT2D eigenvalue weighted by molar-refractivity contribution is 5.89.